The fraction of sp³-hybridized carbons (Fsp3) is 0.308. The van der Waals surface area contributed by atoms with Gasteiger partial charge in [0.2, 0.25) is 5.91 Å². The third-order valence-corrected chi connectivity index (χ3v) is 7.08. The van der Waals surface area contributed by atoms with E-state index in [1.165, 1.54) is 4.88 Å². The second kappa shape index (κ2) is 9.28. The minimum atomic E-state index is -0.195. The predicted molar refractivity (Wildman–Crippen MR) is 123 cm³/mol. The normalized spacial score (nSPS) is 15.4. The average molecular weight is 415 g/mol. The summed E-state index contributed by atoms with van der Waals surface area (Å²) >= 11 is 1.59. The summed E-state index contributed by atoms with van der Waals surface area (Å²) < 4.78 is 0. The molecule has 1 aromatic heterocycles. The van der Waals surface area contributed by atoms with Crippen LogP contribution in [0.1, 0.15) is 40.5 Å². The van der Waals surface area contributed by atoms with E-state index in [-0.39, 0.29) is 11.8 Å². The van der Waals surface area contributed by atoms with Crippen molar-refractivity contribution in [3.63, 3.8) is 0 Å². The molecule has 0 saturated carbocycles. The van der Waals surface area contributed by atoms with E-state index in [4.69, 9.17) is 0 Å². The van der Waals surface area contributed by atoms with Gasteiger partial charge in [0.05, 0.1) is 5.56 Å². The molecule has 30 heavy (non-hydrogen) atoms. The first-order chi connectivity index (χ1) is 14.6. The number of thiophene rings is 1. The van der Waals surface area contributed by atoms with Crippen LogP contribution >= 0.6 is 11.3 Å². The number of nitrogens with zero attached hydrogens (tertiary/aromatic N) is 1. The summed E-state index contributed by atoms with van der Waals surface area (Å²) in [5.41, 5.74) is 4.12. The highest BCUT2D eigenvalue weighted by molar-refractivity contribution is 7.16. The van der Waals surface area contributed by atoms with Crippen LogP contribution in [0.5, 0.6) is 0 Å². The van der Waals surface area contributed by atoms with Crippen LogP contribution in [0.2, 0.25) is 0 Å². The maximum atomic E-state index is 13.4. The zero-order valence-electron chi connectivity index (χ0n) is 17.2. The van der Waals surface area contributed by atoms with Crippen molar-refractivity contribution in [3.05, 3.63) is 87.8 Å². The van der Waals surface area contributed by atoms with Crippen LogP contribution in [-0.4, -0.2) is 5.91 Å². The highest BCUT2D eigenvalue weighted by Crippen LogP contribution is 2.39. The summed E-state index contributed by atoms with van der Waals surface area (Å²) in [6, 6.07) is 22.7. The van der Waals surface area contributed by atoms with Crippen LogP contribution in [-0.2, 0) is 30.5 Å². The monoisotopic (exact) mass is 414 g/mol. The van der Waals surface area contributed by atoms with Crippen molar-refractivity contribution in [2.75, 3.05) is 5.32 Å². The number of carbonyl (C=O) groups is 1. The lowest BCUT2D eigenvalue weighted by molar-refractivity contribution is -0.119. The number of amides is 1. The summed E-state index contributed by atoms with van der Waals surface area (Å²) in [5, 5.41) is 13.6. The number of hydrogen-bond acceptors (Lipinski definition) is 3. The van der Waals surface area contributed by atoms with Gasteiger partial charge < -0.3 is 5.32 Å². The lowest BCUT2D eigenvalue weighted by atomic mass is 9.88. The van der Waals surface area contributed by atoms with Crippen LogP contribution in [0.4, 0.5) is 5.00 Å². The number of fused-ring (bicyclic) bond motifs is 1. The van der Waals surface area contributed by atoms with E-state index in [1.807, 2.05) is 36.4 Å². The van der Waals surface area contributed by atoms with Crippen molar-refractivity contribution < 1.29 is 4.79 Å². The molecule has 152 valence electrons. The van der Waals surface area contributed by atoms with Crippen molar-refractivity contribution in [2.45, 2.75) is 39.0 Å². The Labute approximate surface area is 182 Å². The molecule has 1 aliphatic carbocycles. The highest BCUT2D eigenvalue weighted by atomic mass is 32.1. The van der Waals surface area contributed by atoms with Gasteiger partial charge in [-0.3, -0.25) is 4.79 Å². The molecule has 0 radical (unpaired) electrons. The number of nitriles is 1. The van der Waals surface area contributed by atoms with Crippen LogP contribution < -0.4 is 5.32 Å². The average Bonchev–Trinajstić information content (AvgIpc) is 3.10. The number of hydrogen-bond donors (Lipinski definition) is 1. The summed E-state index contributed by atoms with van der Waals surface area (Å²) in [7, 11) is 0. The van der Waals surface area contributed by atoms with E-state index < -0.39 is 0 Å². The van der Waals surface area contributed by atoms with E-state index in [9.17, 15) is 10.1 Å². The molecule has 3 aromatic rings. The van der Waals surface area contributed by atoms with E-state index in [1.54, 1.807) is 11.3 Å². The molecule has 0 saturated heterocycles. The van der Waals surface area contributed by atoms with Gasteiger partial charge in [-0.2, -0.15) is 5.26 Å². The van der Waals surface area contributed by atoms with Crippen LogP contribution in [0.3, 0.4) is 0 Å². The Morgan fingerprint density at radius 3 is 2.27 bits per heavy atom. The van der Waals surface area contributed by atoms with E-state index in [0.717, 1.165) is 41.0 Å². The molecular formula is C26H26N2OS. The standard InChI is InChI=1S/C26H26N2OS/c1-18-12-13-24-22(14-18)23(17-27)26(30-24)28-25(29)21(15-19-8-4-2-5-9-19)16-20-10-6-3-7-11-20/h2-11,18,21H,12-16H2,1H3,(H,28,29)/t18-/m1/s1. The molecule has 0 fully saturated rings. The fourth-order valence-electron chi connectivity index (χ4n) is 4.23. The number of rotatable bonds is 6. The van der Waals surface area contributed by atoms with Crippen LogP contribution in [0, 0.1) is 23.2 Å². The third-order valence-electron chi connectivity index (χ3n) is 5.88. The lowest BCUT2D eigenvalue weighted by Crippen LogP contribution is -2.26. The smallest absolute Gasteiger partial charge is 0.228 e. The molecule has 0 bridgehead atoms. The Kier molecular flexibility index (Phi) is 6.30. The quantitative estimate of drug-likeness (QED) is 0.555. The fourth-order valence-corrected chi connectivity index (χ4v) is 5.43. The second-order valence-electron chi connectivity index (χ2n) is 8.23. The zero-order chi connectivity index (χ0) is 20.9. The molecule has 4 heteroatoms. The maximum Gasteiger partial charge on any atom is 0.228 e. The van der Waals surface area contributed by atoms with Crippen LogP contribution in [0.25, 0.3) is 0 Å². The van der Waals surface area contributed by atoms with Crippen molar-refractivity contribution in [1.82, 2.24) is 0 Å². The Morgan fingerprint density at radius 2 is 1.70 bits per heavy atom. The number of aryl methyl sites for hydroxylation is 1. The van der Waals surface area contributed by atoms with E-state index in [2.05, 4.69) is 42.6 Å². The molecule has 2 aromatic carbocycles. The van der Waals surface area contributed by atoms with Crippen LogP contribution in [0.15, 0.2) is 60.7 Å². The first-order valence-corrected chi connectivity index (χ1v) is 11.4. The molecule has 1 N–H and O–H groups in total. The Balaban J connectivity index is 1.58. The molecule has 1 aliphatic rings. The Morgan fingerprint density at radius 1 is 1.10 bits per heavy atom. The molecular weight excluding hydrogens is 388 g/mol. The lowest BCUT2D eigenvalue weighted by Gasteiger charge is -2.18. The van der Waals surface area contributed by atoms with Gasteiger partial charge >= 0.3 is 0 Å². The van der Waals surface area contributed by atoms with Gasteiger partial charge in [-0.15, -0.1) is 11.3 Å². The Bertz CT molecular complexity index is 1010. The maximum absolute atomic E-state index is 13.4. The van der Waals surface area contributed by atoms with Gasteiger partial charge in [0.15, 0.2) is 0 Å². The number of carbonyl (C=O) groups excluding carboxylic acids is 1. The number of benzene rings is 2. The van der Waals surface area contributed by atoms with Gasteiger partial charge in [-0.1, -0.05) is 67.6 Å². The van der Waals surface area contributed by atoms with Crippen molar-refractivity contribution >= 4 is 22.2 Å². The number of nitrogens with one attached hydrogen (secondary N) is 1. The van der Waals surface area contributed by atoms with E-state index in [0.29, 0.717) is 24.3 Å². The SMILES string of the molecule is C[C@@H]1CCc2sc(NC(=O)C(Cc3ccccc3)Cc3ccccc3)c(C#N)c2C1. The summed E-state index contributed by atoms with van der Waals surface area (Å²) in [6.45, 7) is 2.23. The first-order valence-electron chi connectivity index (χ1n) is 10.6. The van der Waals surface area contributed by atoms with E-state index >= 15 is 0 Å². The predicted octanol–water partition coefficient (Wildman–Crippen LogP) is 5.78. The molecule has 1 atom stereocenters. The molecule has 1 heterocycles. The summed E-state index contributed by atoms with van der Waals surface area (Å²) in [4.78, 5) is 14.6. The Hall–Kier alpha value is -2.90. The summed E-state index contributed by atoms with van der Waals surface area (Å²) in [5.74, 6) is 0.386. The number of anilines is 1. The third kappa shape index (κ3) is 4.63. The molecule has 4 rings (SSSR count). The van der Waals surface area contributed by atoms with Crippen molar-refractivity contribution in [3.8, 4) is 6.07 Å². The van der Waals surface area contributed by atoms with Crippen molar-refractivity contribution in [2.24, 2.45) is 11.8 Å². The zero-order valence-corrected chi connectivity index (χ0v) is 18.0. The topological polar surface area (TPSA) is 52.9 Å². The molecule has 1 amide bonds. The molecule has 3 nitrogen and oxygen atoms in total. The minimum Gasteiger partial charge on any atom is -0.316 e. The van der Waals surface area contributed by atoms with Crippen molar-refractivity contribution in [1.29, 1.82) is 5.26 Å². The molecule has 0 aliphatic heterocycles. The summed E-state index contributed by atoms with van der Waals surface area (Å²) in [6.07, 6.45) is 4.43. The largest absolute Gasteiger partial charge is 0.316 e. The van der Waals surface area contributed by atoms with Gasteiger partial charge in [-0.05, 0) is 54.7 Å². The van der Waals surface area contributed by atoms with Gasteiger partial charge in [0.1, 0.15) is 11.1 Å². The molecule has 0 spiro atoms. The van der Waals surface area contributed by atoms with Gasteiger partial charge in [0, 0.05) is 10.8 Å². The van der Waals surface area contributed by atoms with Gasteiger partial charge in [0.25, 0.3) is 0 Å². The molecule has 0 unspecified atom stereocenters. The van der Waals surface area contributed by atoms with Gasteiger partial charge in [-0.25, -0.2) is 0 Å². The highest BCUT2D eigenvalue weighted by Gasteiger charge is 2.27. The first kappa shape index (κ1) is 20.4. The second-order valence-corrected chi connectivity index (χ2v) is 9.34. The minimum absolute atomic E-state index is 0.00847.